The van der Waals surface area contributed by atoms with E-state index in [2.05, 4.69) is 5.10 Å². The van der Waals surface area contributed by atoms with Crippen molar-refractivity contribution in [3.05, 3.63) is 0 Å². The summed E-state index contributed by atoms with van der Waals surface area (Å²) in [7, 11) is 0. The summed E-state index contributed by atoms with van der Waals surface area (Å²) in [6.07, 6.45) is -0.598. The molecule has 0 unspecified atom stereocenters. The van der Waals surface area contributed by atoms with E-state index in [1.807, 2.05) is 6.92 Å². The third-order valence-corrected chi connectivity index (χ3v) is 2.46. The van der Waals surface area contributed by atoms with Gasteiger partial charge in [0, 0.05) is 11.5 Å². The molecule has 1 aliphatic rings. The standard InChI is InChI=1S/C9H15N3O2S/c1-6-5-15-7(10)12(11-6)8(13)14-9(2,3)4/h10H,5H2,1-4H3. The van der Waals surface area contributed by atoms with Crippen molar-refractivity contribution < 1.29 is 9.53 Å². The molecule has 15 heavy (non-hydrogen) atoms. The highest BCUT2D eigenvalue weighted by molar-refractivity contribution is 8.14. The Morgan fingerprint density at radius 2 is 2.20 bits per heavy atom. The SMILES string of the molecule is CC1=NN(C(=O)OC(C)(C)C)C(=N)SC1. The fraction of sp³-hybridized carbons (Fsp3) is 0.667. The highest BCUT2D eigenvalue weighted by Crippen LogP contribution is 2.18. The molecule has 5 nitrogen and oxygen atoms in total. The van der Waals surface area contributed by atoms with E-state index in [0.29, 0.717) is 5.75 Å². The number of amides is 1. The lowest BCUT2D eigenvalue weighted by Gasteiger charge is -2.26. The van der Waals surface area contributed by atoms with Gasteiger partial charge in [0.05, 0.1) is 0 Å². The fourth-order valence-electron chi connectivity index (χ4n) is 0.908. The molecular weight excluding hydrogens is 214 g/mol. The fourth-order valence-corrected chi connectivity index (χ4v) is 1.55. The zero-order valence-corrected chi connectivity index (χ0v) is 10.1. The van der Waals surface area contributed by atoms with Gasteiger partial charge in [-0.05, 0) is 27.7 Å². The van der Waals surface area contributed by atoms with Crippen LogP contribution in [0.25, 0.3) is 0 Å². The number of amidine groups is 1. The first-order chi connectivity index (χ1) is 6.79. The lowest BCUT2D eigenvalue weighted by Crippen LogP contribution is -2.38. The van der Waals surface area contributed by atoms with Crippen LogP contribution >= 0.6 is 11.8 Å². The number of carbonyl (C=O) groups is 1. The van der Waals surface area contributed by atoms with Crippen LogP contribution in [-0.2, 0) is 4.74 Å². The van der Waals surface area contributed by atoms with Crippen molar-refractivity contribution >= 4 is 28.7 Å². The molecule has 1 aliphatic heterocycles. The van der Waals surface area contributed by atoms with Crippen LogP contribution in [-0.4, -0.2) is 33.3 Å². The van der Waals surface area contributed by atoms with Crippen LogP contribution in [0.4, 0.5) is 4.79 Å². The van der Waals surface area contributed by atoms with Crippen molar-refractivity contribution in [1.82, 2.24) is 5.01 Å². The Kier molecular flexibility index (Phi) is 3.38. The molecule has 0 saturated carbocycles. The maximum Gasteiger partial charge on any atom is 0.437 e. The molecule has 0 radical (unpaired) electrons. The minimum Gasteiger partial charge on any atom is -0.442 e. The molecule has 0 aromatic carbocycles. The molecule has 0 saturated heterocycles. The molecule has 1 N–H and O–H groups in total. The largest absolute Gasteiger partial charge is 0.442 e. The van der Waals surface area contributed by atoms with Crippen molar-refractivity contribution in [2.75, 3.05) is 5.75 Å². The first-order valence-electron chi connectivity index (χ1n) is 4.58. The number of hydrazone groups is 1. The first kappa shape index (κ1) is 12.0. The predicted octanol–water partition coefficient (Wildman–Crippen LogP) is 2.28. The molecule has 0 fully saturated rings. The zero-order valence-electron chi connectivity index (χ0n) is 9.33. The number of nitrogens with zero attached hydrogens (tertiary/aromatic N) is 2. The molecule has 84 valence electrons. The lowest BCUT2D eigenvalue weighted by atomic mass is 10.2. The van der Waals surface area contributed by atoms with E-state index in [-0.39, 0.29) is 5.17 Å². The van der Waals surface area contributed by atoms with Gasteiger partial charge in [0.2, 0.25) is 0 Å². The van der Waals surface area contributed by atoms with Gasteiger partial charge in [-0.1, -0.05) is 11.8 Å². The van der Waals surface area contributed by atoms with Gasteiger partial charge in [0.1, 0.15) is 5.60 Å². The van der Waals surface area contributed by atoms with E-state index in [4.69, 9.17) is 10.1 Å². The summed E-state index contributed by atoms with van der Waals surface area (Å²) in [4.78, 5) is 11.6. The summed E-state index contributed by atoms with van der Waals surface area (Å²) in [6, 6.07) is 0. The molecule has 6 heteroatoms. The third-order valence-electron chi connectivity index (χ3n) is 1.45. The molecule has 0 aromatic heterocycles. The number of ether oxygens (including phenoxy) is 1. The van der Waals surface area contributed by atoms with Gasteiger partial charge in [-0.15, -0.1) is 5.01 Å². The van der Waals surface area contributed by atoms with Gasteiger partial charge >= 0.3 is 6.09 Å². The van der Waals surface area contributed by atoms with Crippen molar-refractivity contribution in [1.29, 1.82) is 5.41 Å². The van der Waals surface area contributed by atoms with E-state index in [1.165, 1.54) is 11.8 Å². The summed E-state index contributed by atoms with van der Waals surface area (Å²) in [6.45, 7) is 7.16. The number of rotatable bonds is 0. The molecule has 1 amide bonds. The topological polar surface area (TPSA) is 65.8 Å². The third kappa shape index (κ3) is 3.54. The average molecular weight is 229 g/mol. The molecule has 0 aliphatic carbocycles. The van der Waals surface area contributed by atoms with Crippen LogP contribution in [0.5, 0.6) is 0 Å². The Morgan fingerprint density at radius 1 is 1.60 bits per heavy atom. The average Bonchev–Trinajstić information content (AvgIpc) is 2.06. The second-order valence-electron chi connectivity index (χ2n) is 4.22. The van der Waals surface area contributed by atoms with Crippen LogP contribution < -0.4 is 0 Å². The second-order valence-corrected chi connectivity index (χ2v) is 5.19. The quantitative estimate of drug-likeness (QED) is 0.693. The van der Waals surface area contributed by atoms with Crippen LogP contribution in [0, 0.1) is 5.41 Å². The van der Waals surface area contributed by atoms with Gasteiger partial charge in [-0.3, -0.25) is 5.41 Å². The van der Waals surface area contributed by atoms with E-state index in [1.54, 1.807) is 20.8 Å². The van der Waals surface area contributed by atoms with Crippen LogP contribution in [0.3, 0.4) is 0 Å². The molecule has 0 aromatic rings. The number of hydrogen-bond acceptors (Lipinski definition) is 5. The van der Waals surface area contributed by atoms with E-state index in [9.17, 15) is 4.79 Å². The first-order valence-corrected chi connectivity index (χ1v) is 5.57. The minimum atomic E-state index is -0.598. The maximum absolute atomic E-state index is 11.6. The molecular formula is C9H15N3O2S. The van der Waals surface area contributed by atoms with E-state index >= 15 is 0 Å². The van der Waals surface area contributed by atoms with Crippen molar-refractivity contribution in [2.24, 2.45) is 5.10 Å². The van der Waals surface area contributed by atoms with Gasteiger partial charge in [0.15, 0.2) is 5.17 Å². The van der Waals surface area contributed by atoms with Crippen molar-refractivity contribution in [3.63, 3.8) is 0 Å². The summed E-state index contributed by atoms with van der Waals surface area (Å²) < 4.78 is 5.12. The number of nitrogens with one attached hydrogen (secondary N) is 1. The molecule has 1 heterocycles. The zero-order chi connectivity index (χ0) is 11.6. The Labute approximate surface area is 93.4 Å². The van der Waals surface area contributed by atoms with Crippen molar-refractivity contribution in [3.8, 4) is 0 Å². The smallest absolute Gasteiger partial charge is 0.437 e. The predicted molar refractivity (Wildman–Crippen MR) is 61.4 cm³/mol. The highest BCUT2D eigenvalue weighted by atomic mass is 32.2. The molecule has 0 bridgehead atoms. The monoisotopic (exact) mass is 229 g/mol. The highest BCUT2D eigenvalue weighted by Gasteiger charge is 2.27. The van der Waals surface area contributed by atoms with Crippen LogP contribution in [0.15, 0.2) is 5.10 Å². The summed E-state index contributed by atoms with van der Waals surface area (Å²) >= 11 is 1.27. The Hall–Kier alpha value is -1.04. The Morgan fingerprint density at radius 3 is 2.73 bits per heavy atom. The van der Waals surface area contributed by atoms with E-state index in [0.717, 1.165) is 10.7 Å². The van der Waals surface area contributed by atoms with Crippen LogP contribution in [0.1, 0.15) is 27.7 Å². The molecule has 1 rings (SSSR count). The number of hydrogen-bond donors (Lipinski definition) is 1. The van der Waals surface area contributed by atoms with Gasteiger partial charge in [-0.2, -0.15) is 5.10 Å². The minimum absolute atomic E-state index is 0.106. The van der Waals surface area contributed by atoms with Gasteiger partial charge in [0.25, 0.3) is 0 Å². The summed E-state index contributed by atoms with van der Waals surface area (Å²) in [5.41, 5.74) is 0.241. The lowest BCUT2D eigenvalue weighted by molar-refractivity contribution is 0.0375. The maximum atomic E-state index is 11.6. The summed E-state index contributed by atoms with van der Waals surface area (Å²) in [5, 5.41) is 12.6. The Bertz CT molecular complexity index is 320. The second kappa shape index (κ2) is 4.22. The molecule has 0 spiro atoms. The number of carbonyl (C=O) groups excluding carboxylic acids is 1. The normalized spacial score (nSPS) is 17.5. The number of thioether (sulfide) groups is 1. The molecule has 0 atom stereocenters. The van der Waals surface area contributed by atoms with Crippen LogP contribution in [0.2, 0.25) is 0 Å². The van der Waals surface area contributed by atoms with E-state index < -0.39 is 11.7 Å². The van der Waals surface area contributed by atoms with Crippen molar-refractivity contribution in [2.45, 2.75) is 33.3 Å². The summed E-state index contributed by atoms with van der Waals surface area (Å²) in [5.74, 6) is 0.651. The Balaban J connectivity index is 2.74. The van der Waals surface area contributed by atoms with Gasteiger partial charge in [-0.25, -0.2) is 4.79 Å². The van der Waals surface area contributed by atoms with Gasteiger partial charge < -0.3 is 4.74 Å².